The number of pyridine rings is 1. The van der Waals surface area contributed by atoms with Gasteiger partial charge in [0.2, 0.25) is 5.89 Å². The Morgan fingerprint density at radius 2 is 1.90 bits per heavy atom. The summed E-state index contributed by atoms with van der Waals surface area (Å²) < 4.78 is 7.09. The monoisotopic (exact) mass is 396 g/mol. The highest BCUT2D eigenvalue weighted by atomic mass is 16.5. The van der Waals surface area contributed by atoms with Crippen molar-refractivity contribution >= 4 is 5.65 Å². The van der Waals surface area contributed by atoms with Crippen molar-refractivity contribution in [2.24, 2.45) is 0 Å². The third-order valence-electron chi connectivity index (χ3n) is 5.43. The minimum absolute atomic E-state index is 0.0381. The van der Waals surface area contributed by atoms with E-state index in [1.54, 1.807) is 16.7 Å². The molecule has 3 aromatic rings. The van der Waals surface area contributed by atoms with E-state index in [0.29, 0.717) is 18.1 Å². The lowest BCUT2D eigenvalue weighted by Gasteiger charge is -2.36. The van der Waals surface area contributed by atoms with Crippen LogP contribution in [0.2, 0.25) is 0 Å². The Morgan fingerprint density at radius 3 is 2.59 bits per heavy atom. The van der Waals surface area contributed by atoms with Crippen molar-refractivity contribution < 1.29 is 4.52 Å². The Kier molecular flexibility index (Phi) is 5.23. The van der Waals surface area contributed by atoms with E-state index < -0.39 is 0 Å². The van der Waals surface area contributed by atoms with E-state index in [1.807, 2.05) is 18.2 Å². The first-order chi connectivity index (χ1) is 13.8. The van der Waals surface area contributed by atoms with Crippen molar-refractivity contribution in [2.45, 2.75) is 45.7 Å². The van der Waals surface area contributed by atoms with Crippen LogP contribution in [0.15, 0.2) is 39.8 Å². The fourth-order valence-corrected chi connectivity index (χ4v) is 3.59. The van der Waals surface area contributed by atoms with Crippen LogP contribution in [-0.4, -0.2) is 55.5 Å². The lowest BCUT2D eigenvalue weighted by Crippen LogP contribution is -2.46. The molecule has 0 radical (unpaired) electrons. The van der Waals surface area contributed by atoms with E-state index in [9.17, 15) is 4.79 Å². The molecule has 0 bridgehead atoms. The van der Waals surface area contributed by atoms with Crippen LogP contribution in [0.25, 0.3) is 5.65 Å². The van der Waals surface area contributed by atoms with Crippen molar-refractivity contribution in [3.8, 4) is 0 Å². The standard InChI is InChI=1S/C21H28N6O2/c1-15(19-23-20(24-29-19)21(2,3)4)26-11-9-25(10-12-26)14-16-13-18(28)27-8-6-5-7-17(27)22-16/h5-8,13,15H,9-12,14H2,1-4H3/t15-/m1/s1. The molecule has 1 aliphatic heterocycles. The smallest absolute Gasteiger partial charge is 0.258 e. The maximum Gasteiger partial charge on any atom is 0.258 e. The third kappa shape index (κ3) is 4.23. The molecule has 1 saturated heterocycles. The van der Waals surface area contributed by atoms with Gasteiger partial charge in [-0.15, -0.1) is 0 Å². The molecule has 4 heterocycles. The summed E-state index contributed by atoms with van der Waals surface area (Å²) in [6.07, 6.45) is 1.75. The summed E-state index contributed by atoms with van der Waals surface area (Å²) in [6.45, 7) is 12.6. The maximum absolute atomic E-state index is 12.3. The summed E-state index contributed by atoms with van der Waals surface area (Å²) in [5.74, 6) is 1.42. The normalized spacial score (nSPS) is 17.7. The van der Waals surface area contributed by atoms with Crippen LogP contribution >= 0.6 is 0 Å². The maximum atomic E-state index is 12.3. The summed E-state index contributed by atoms with van der Waals surface area (Å²) in [5.41, 5.74) is 1.35. The summed E-state index contributed by atoms with van der Waals surface area (Å²) >= 11 is 0. The van der Waals surface area contributed by atoms with Crippen LogP contribution in [-0.2, 0) is 12.0 Å². The Labute approximate surface area is 170 Å². The van der Waals surface area contributed by atoms with Crippen molar-refractivity contribution in [1.29, 1.82) is 0 Å². The van der Waals surface area contributed by atoms with Gasteiger partial charge in [0, 0.05) is 50.4 Å². The summed E-state index contributed by atoms with van der Waals surface area (Å²) in [6, 6.07) is 7.32. The fraction of sp³-hybridized carbons (Fsp3) is 0.524. The quantitative estimate of drug-likeness (QED) is 0.669. The molecular formula is C21H28N6O2. The molecule has 8 nitrogen and oxygen atoms in total. The fourth-order valence-electron chi connectivity index (χ4n) is 3.59. The van der Waals surface area contributed by atoms with Gasteiger partial charge in [0.05, 0.1) is 11.7 Å². The molecule has 0 aromatic carbocycles. The van der Waals surface area contributed by atoms with Gasteiger partial charge in [0.25, 0.3) is 5.56 Å². The zero-order chi connectivity index (χ0) is 20.6. The average molecular weight is 396 g/mol. The molecule has 0 N–H and O–H groups in total. The van der Waals surface area contributed by atoms with Crippen LogP contribution in [0.1, 0.15) is 51.1 Å². The molecule has 29 heavy (non-hydrogen) atoms. The van der Waals surface area contributed by atoms with Gasteiger partial charge >= 0.3 is 0 Å². The third-order valence-corrected chi connectivity index (χ3v) is 5.43. The van der Waals surface area contributed by atoms with Crippen LogP contribution in [0, 0.1) is 0 Å². The van der Waals surface area contributed by atoms with Crippen molar-refractivity contribution in [2.75, 3.05) is 26.2 Å². The van der Waals surface area contributed by atoms with Crippen molar-refractivity contribution in [3.05, 3.63) is 58.2 Å². The van der Waals surface area contributed by atoms with Crippen molar-refractivity contribution in [3.63, 3.8) is 0 Å². The van der Waals surface area contributed by atoms with E-state index in [2.05, 4.69) is 52.6 Å². The highest BCUT2D eigenvalue weighted by Gasteiger charge is 2.28. The number of hydrogen-bond donors (Lipinski definition) is 0. The first-order valence-corrected chi connectivity index (χ1v) is 10.1. The van der Waals surface area contributed by atoms with Gasteiger partial charge in [-0.2, -0.15) is 4.98 Å². The molecule has 0 unspecified atom stereocenters. The highest BCUT2D eigenvalue weighted by Crippen LogP contribution is 2.24. The predicted octanol–water partition coefficient (Wildman–Crippen LogP) is 2.25. The van der Waals surface area contributed by atoms with Crippen LogP contribution < -0.4 is 5.56 Å². The second kappa shape index (κ2) is 7.68. The summed E-state index contributed by atoms with van der Waals surface area (Å²) in [4.78, 5) is 26.2. The molecule has 8 heteroatoms. The molecule has 1 atom stereocenters. The van der Waals surface area contributed by atoms with E-state index in [4.69, 9.17) is 4.52 Å². The van der Waals surface area contributed by atoms with E-state index in [0.717, 1.165) is 37.7 Å². The Balaban J connectivity index is 1.38. The number of nitrogens with zero attached hydrogens (tertiary/aromatic N) is 6. The second-order valence-corrected chi connectivity index (χ2v) is 8.71. The SMILES string of the molecule is C[C@H](c1nc(C(C)(C)C)no1)N1CCN(Cc2cc(=O)n3ccccc3n2)CC1. The van der Waals surface area contributed by atoms with Crippen LogP contribution in [0.4, 0.5) is 0 Å². The summed E-state index contributed by atoms with van der Waals surface area (Å²) in [5, 5.41) is 4.14. The number of rotatable bonds is 4. The van der Waals surface area contributed by atoms with Gasteiger partial charge in [-0.1, -0.05) is 32.0 Å². The number of fused-ring (bicyclic) bond motifs is 1. The van der Waals surface area contributed by atoms with Gasteiger partial charge in [0.1, 0.15) is 5.65 Å². The van der Waals surface area contributed by atoms with Gasteiger partial charge in [-0.05, 0) is 19.1 Å². The molecule has 154 valence electrons. The van der Waals surface area contributed by atoms with Crippen LogP contribution in [0.3, 0.4) is 0 Å². The Hall–Kier alpha value is -2.58. The minimum atomic E-state index is -0.119. The lowest BCUT2D eigenvalue weighted by molar-refractivity contribution is 0.0838. The first kappa shape index (κ1) is 19.7. The molecule has 0 spiro atoms. The second-order valence-electron chi connectivity index (χ2n) is 8.71. The zero-order valence-corrected chi connectivity index (χ0v) is 17.5. The topological polar surface area (TPSA) is 79.8 Å². The number of hydrogen-bond acceptors (Lipinski definition) is 7. The molecule has 0 amide bonds. The Morgan fingerprint density at radius 1 is 1.14 bits per heavy atom. The zero-order valence-electron chi connectivity index (χ0n) is 17.5. The minimum Gasteiger partial charge on any atom is -0.338 e. The molecular weight excluding hydrogens is 368 g/mol. The first-order valence-electron chi connectivity index (χ1n) is 10.1. The highest BCUT2D eigenvalue weighted by molar-refractivity contribution is 5.37. The molecule has 3 aromatic heterocycles. The van der Waals surface area contributed by atoms with Crippen molar-refractivity contribution in [1.82, 2.24) is 29.3 Å². The van der Waals surface area contributed by atoms with E-state index >= 15 is 0 Å². The predicted molar refractivity (Wildman–Crippen MR) is 110 cm³/mol. The molecule has 0 saturated carbocycles. The Bertz CT molecular complexity index is 1040. The molecule has 0 aliphatic carbocycles. The largest absolute Gasteiger partial charge is 0.338 e. The van der Waals surface area contributed by atoms with E-state index in [1.165, 1.54) is 0 Å². The number of aromatic nitrogens is 4. The van der Waals surface area contributed by atoms with Gasteiger partial charge in [-0.25, -0.2) is 4.98 Å². The number of piperazine rings is 1. The van der Waals surface area contributed by atoms with Crippen LogP contribution in [0.5, 0.6) is 0 Å². The summed E-state index contributed by atoms with van der Waals surface area (Å²) in [7, 11) is 0. The average Bonchev–Trinajstić information content (AvgIpc) is 3.19. The van der Waals surface area contributed by atoms with Gasteiger partial charge in [0.15, 0.2) is 5.82 Å². The lowest BCUT2D eigenvalue weighted by atomic mass is 9.96. The van der Waals surface area contributed by atoms with Gasteiger partial charge in [-0.3, -0.25) is 19.0 Å². The molecule has 1 fully saturated rings. The molecule has 1 aliphatic rings. The molecule has 4 rings (SSSR count). The van der Waals surface area contributed by atoms with E-state index in [-0.39, 0.29) is 17.0 Å². The van der Waals surface area contributed by atoms with Gasteiger partial charge < -0.3 is 4.52 Å².